The van der Waals surface area contributed by atoms with Gasteiger partial charge in [-0.1, -0.05) is 5.16 Å². The molecule has 3 N–H and O–H groups in total. The highest BCUT2D eigenvalue weighted by molar-refractivity contribution is 7.89. The van der Waals surface area contributed by atoms with E-state index in [1.807, 2.05) is 0 Å². The van der Waals surface area contributed by atoms with Crippen molar-refractivity contribution >= 4 is 21.9 Å². The number of carboxylic acid groups (broad SMARTS) is 1. The summed E-state index contributed by atoms with van der Waals surface area (Å²) in [5.41, 5.74) is 0.207. The summed E-state index contributed by atoms with van der Waals surface area (Å²) in [5, 5.41) is 14.5. The number of aromatic nitrogens is 1. The summed E-state index contributed by atoms with van der Waals surface area (Å²) in [6.07, 6.45) is 0.198. The average Bonchev–Trinajstić information content (AvgIpc) is 2.73. The van der Waals surface area contributed by atoms with E-state index in [1.54, 1.807) is 0 Å². The van der Waals surface area contributed by atoms with Crippen LogP contribution in [0.4, 0.5) is 0 Å². The number of rotatable bonds is 8. The van der Waals surface area contributed by atoms with E-state index in [0.29, 0.717) is 0 Å². The van der Waals surface area contributed by atoms with E-state index in [2.05, 4.69) is 15.2 Å². The number of aliphatic carboxylic acids is 1. The number of carbonyl (C=O) groups is 2. The van der Waals surface area contributed by atoms with Gasteiger partial charge in [0.1, 0.15) is 10.6 Å². The summed E-state index contributed by atoms with van der Waals surface area (Å²) >= 11 is 0. The summed E-state index contributed by atoms with van der Waals surface area (Å²) in [5.74, 6) is -1.36. The molecule has 0 saturated carbocycles. The average molecular weight is 333 g/mol. The molecule has 1 rings (SSSR count). The van der Waals surface area contributed by atoms with Crippen LogP contribution in [0, 0.1) is 13.8 Å². The minimum absolute atomic E-state index is 0.0700. The lowest BCUT2D eigenvalue weighted by Crippen LogP contribution is -2.45. The maximum atomic E-state index is 12.2. The maximum absolute atomic E-state index is 12.2. The van der Waals surface area contributed by atoms with Gasteiger partial charge >= 0.3 is 5.97 Å². The molecule has 0 fully saturated rings. The summed E-state index contributed by atoms with van der Waals surface area (Å²) in [7, 11) is -3.93. The van der Waals surface area contributed by atoms with E-state index in [9.17, 15) is 18.0 Å². The maximum Gasteiger partial charge on any atom is 0.303 e. The van der Waals surface area contributed by atoms with Gasteiger partial charge in [0.05, 0.1) is 6.04 Å². The van der Waals surface area contributed by atoms with Crippen molar-refractivity contribution in [2.45, 2.75) is 44.6 Å². The van der Waals surface area contributed by atoms with Crippen LogP contribution in [-0.4, -0.2) is 43.1 Å². The lowest BCUT2D eigenvalue weighted by molar-refractivity contribution is -0.137. The number of sulfonamides is 1. The summed E-state index contributed by atoms with van der Waals surface area (Å²) in [6.45, 7) is 4.50. The second-order valence-electron chi connectivity index (χ2n) is 4.78. The standard InChI is InChI=1S/C12H19N3O6S/c1-7-11(9(3)21-14-7)22(19,20)15-8(2)12(18)13-6-4-5-10(16)17/h8,15H,4-6H2,1-3H3,(H,13,18)(H,16,17). The van der Waals surface area contributed by atoms with E-state index in [-0.39, 0.29) is 35.7 Å². The van der Waals surface area contributed by atoms with Gasteiger partial charge < -0.3 is 14.9 Å². The van der Waals surface area contributed by atoms with Crippen LogP contribution in [0.5, 0.6) is 0 Å². The van der Waals surface area contributed by atoms with Gasteiger partial charge in [-0.3, -0.25) is 9.59 Å². The molecule has 1 aromatic rings. The minimum Gasteiger partial charge on any atom is -0.481 e. The van der Waals surface area contributed by atoms with Crippen LogP contribution in [0.2, 0.25) is 0 Å². The molecule has 1 heterocycles. The molecule has 9 nitrogen and oxygen atoms in total. The van der Waals surface area contributed by atoms with E-state index in [0.717, 1.165) is 0 Å². The number of nitrogens with one attached hydrogen (secondary N) is 2. The number of nitrogens with zero attached hydrogens (tertiary/aromatic N) is 1. The summed E-state index contributed by atoms with van der Waals surface area (Å²) < 4.78 is 31.4. The van der Waals surface area contributed by atoms with Crippen LogP contribution in [0.15, 0.2) is 9.42 Å². The SMILES string of the molecule is Cc1noc(C)c1S(=O)(=O)NC(C)C(=O)NCCCC(=O)O. The molecule has 1 aromatic heterocycles. The second kappa shape index (κ2) is 7.36. The van der Waals surface area contributed by atoms with Gasteiger partial charge in [0.2, 0.25) is 15.9 Å². The molecule has 0 spiro atoms. The van der Waals surface area contributed by atoms with Crippen molar-refractivity contribution in [1.82, 2.24) is 15.2 Å². The first kappa shape index (κ1) is 18.1. The third kappa shape index (κ3) is 4.81. The molecular formula is C12H19N3O6S. The Balaban J connectivity index is 2.62. The Labute approximate surface area is 128 Å². The van der Waals surface area contributed by atoms with Crippen molar-refractivity contribution < 1.29 is 27.6 Å². The molecule has 1 atom stereocenters. The van der Waals surface area contributed by atoms with Crippen LogP contribution < -0.4 is 10.0 Å². The van der Waals surface area contributed by atoms with Crippen LogP contribution in [-0.2, 0) is 19.6 Å². The fourth-order valence-corrected chi connectivity index (χ4v) is 3.34. The van der Waals surface area contributed by atoms with Gasteiger partial charge in [-0.2, -0.15) is 4.72 Å². The fraction of sp³-hybridized carbons (Fsp3) is 0.583. The largest absolute Gasteiger partial charge is 0.481 e. The highest BCUT2D eigenvalue weighted by Gasteiger charge is 2.27. The number of hydrogen-bond donors (Lipinski definition) is 3. The molecule has 0 saturated heterocycles. The third-order valence-electron chi connectivity index (χ3n) is 2.83. The first-order valence-corrected chi connectivity index (χ1v) is 8.08. The summed E-state index contributed by atoms with van der Waals surface area (Å²) in [6, 6.07) is -1.01. The predicted octanol–water partition coefficient (Wildman–Crippen LogP) is -0.0608. The van der Waals surface area contributed by atoms with E-state index < -0.39 is 27.9 Å². The molecule has 10 heteroatoms. The molecular weight excluding hydrogens is 314 g/mol. The van der Waals surface area contributed by atoms with Crippen LogP contribution >= 0.6 is 0 Å². The number of aryl methyl sites for hydroxylation is 2. The van der Waals surface area contributed by atoms with Gasteiger partial charge in [0, 0.05) is 13.0 Å². The first-order valence-electron chi connectivity index (χ1n) is 6.60. The zero-order valence-electron chi connectivity index (χ0n) is 12.5. The van der Waals surface area contributed by atoms with Crippen molar-refractivity contribution in [2.24, 2.45) is 0 Å². The quantitative estimate of drug-likeness (QED) is 0.566. The van der Waals surface area contributed by atoms with Gasteiger partial charge in [-0.15, -0.1) is 0 Å². The number of amides is 1. The molecule has 0 bridgehead atoms. The molecule has 1 amide bonds. The highest BCUT2D eigenvalue weighted by atomic mass is 32.2. The van der Waals surface area contributed by atoms with Crippen molar-refractivity contribution in [1.29, 1.82) is 0 Å². The number of carbonyl (C=O) groups excluding carboxylic acids is 1. The number of carboxylic acids is 1. The zero-order valence-corrected chi connectivity index (χ0v) is 13.4. The topological polar surface area (TPSA) is 139 Å². The molecule has 0 radical (unpaired) electrons. The lowest BCUT2D eigenvalue weighted by atomic mass is 10.3. The molecule has 0 aromatic carbocycles. The minimum atomic E-state index is -3.93. The van der Waals surface area contributed by atoms with Gasteiger partial charge in [-0.05, 0) is 27.2 Å². The Morgan fingerprint density at radius 3 is 2.50 bits per heavy atom. The molecule has 0 aliphatic carbocycles. The molecule has 124 valence electrons. The molecule has 22 heavy (non-hydrogen) atoms. The first-order chi connectivity index (χ1) is 10.1. The molecule has 1 unspecified atom stereocenters. The fourth-order valence-electron chi connectivity index (χ4n) is 1.81. The molecule has 0 aliphatic heterocycles. The van der Waals surface area contributed by atoms with Gasteiger partial charge in [-0.25, -0.2) is 8.42 Å². The van der Waals surface area contributed by atoms with Gasteiger partial charge in [0.15, 0.2) is 5.76 Å². The van der Waals surface area contributed by atoms with E-state index >= 15 is 0 Å². The van der Waals surface area contributed by atoms with E-state index in [4.69, 9.17) is 9.63 Å². The monoisotopic (exact) mass is 333 g/mol. The predicted molar refractivity (Wildman–Crippen MR) is 75.6 cm³/mol. The third-order valence-corrected chi connectivity index (χ3v) is 4.61. The van der Waals surface area contributed by atoms with E-state index in [1.165, 1.54) is 20.8 Å². The Kier molecular flexibility index (Phi) is 6.06. The Hall–Kier alpha value is -1.94. The van der Waals surface area contributed by atoms with Crippen molar-refractivity contribution in [3.05, 3.63) is 11.5 Å². The van der Waals surface area contributed by atoms with Crippen molar-refractivity contribution in [3.8, 4) is 0 Å². The van der Waals surface area contributed by atoms with Gasteiger partial charge in [0.25, 0.3) is 0 Å². The molecule has 0 aliphatic rings. The highest BCUT2D eigenvalue weighted by Crippen LogP contribution is 2.18. The smallest absolute Gasteiger partial charge is 0.303 e. The van der Waals surface area contributed by atoms with Crippen LogP contribution in [0.3, 0.4) is 0 Å². The lowest BCUT2D eigenvalue weighted by Gasteiger charge is -2.14. The number of hydrogen-bond acceptors (Lipinski definition) is 6. The Bertz CT molecular complexity index is 632. The Morgan fingerprint density at radius 2 is 2.00 bits per heavy atom. The Morgan fingerprint density at radius 1 is 1.36 bits per heavy atom. The van der Waals surface area contributed by atoms with Crippen molar-refractivity contribution in [2.75, 3.05) is 6.54 Å². The van der Waals surface area contributed by atoms with Crippen LogP contribution in [0.25, 0.3) is 0 Å². The van der Waals surface area contributed by atoms with Crippen molar-refractivity contribution in [3.63, 3.8) is 0 Å². The summed E-state index contributed by atoms with van der Waals surface area (Å²) in [4.78, 5) is 22.0. The second-order valence-corrected chi connectivity index (χ2v) is 6.44. The zero-order chi connectivity index (χ0) is 16.9. The normalized spacial score (nSPS) is 12.9. The van der Waals surface area contributed by atoms with Crippen LogP contribution in [0.1, 0.15) is 31.2 Å².